The number of benzene rings is 2. The van der Waals surface area contributed by atoms with Gasteiger partial charge in [-0.25, -0.2) is 9.78 Å². The molecule has 10 nitrogen and oxygen atoms in total. The molecule has 0 spiro atoms. The standard InChI is InChI=1S/C30H32N2O8S/c1-18(38-19(2)34)27(35)32-15-20-5-11-23(12-6-20)30-39-24(17-41-28-25(29(36)37)4-3-13-31-28)14-26(40-30)22-9-7-21(16-33)8-10-22/h3-13,18,24,26,30,33H,14-17H2,1-2H3,(H,32,35)(H,36,37)/t18-,24+,26-,30-/m0/s1. The molecule has 1 aliphatic rings. The molecular weight excluding hydrogens is 548 g/mol. The van der Waals surface area contributed by atoms with Crippen LogP contribution in [0.4, 0.5) is 0 Å². The summed E-state index contributed by atoms with van der Waals surface area (Å²) < 4.78 is 17.6. The van der Waals surface area contributed by atoms with E-state index in [0.29, 0.717) is 17.2 Å². The fourth-order valence-electron chi connectivity index (χ4n) is 4.29. The van der Waals surface area contributed by atoms with Crippen molar-refractivity contribution in [3.8, 4) is 0 Å². The van der Waals surface area contributed by atoms with Gasteiger partial charge in [-0.2, -0.15) is 0 Å². The minimum atomic E-state index is -1.04. The number of aromatic carboxylic acids is 1. The molecule has 216 valence electrons. The van der Waals surface area contributed by atoms with Crippen LogP contribution in [-0.4, -0.2) is 51.0 Å². The van der Waals surface area contributed by atoms with E-state index in [-0.39, 0.29) is 30.9 Å². The highest BCUT2D eigenvalue weighted by Crippen LogP contribution is 2.39. The summed E-state index contributed by atoms with van der Waals surface area (Å²) in [6.45, 7) is 2.96. The van der Waals surface area contributed by atoms with Gasteiger partial charge in [0.2, 0.25) is 0 Å². The van der Waals surface area contributed by atoms with Gasteiger partial charge in [0, 0.05) is 37.4 Å². The van der Waals surface area contributed by atoms with Crippen LogP contribution in [0.3, 0.4) is 0 Å². The predicted octanol–water partition coefficient (Wildman–Crippen LogP) is 4.18. The topological polar surface area (TPSA) is 144 Å². The molecule has 3 N–H and O–H groups in total. The van der Waals surface area contributed by atoms with Crippen LogP contribution in [0, 0.1) is 0 Å². The number of carboxylic acids is 1. The molecule has 1 fully saturated rings. The maximum Gasteiger partial charge on any atom is 0.338 e. The molecule has 0 saturated carbocycles. The zero-order valence-corrected chi connectivity index (χ0v) is 23.5. The second kappa shape index (κ2) is 14.2. The van der Waals surface area contributed by atoms with Crippen LogP contribution in [0.5, 0.6) is 0 Å². The Hall–Kier alpha value is -3.77. The number of carbonyl (C=O) groups is 3. The minimum Gasteiger partial charge on any atom is -0.478 e. The van der Waals surface area contributed by atoms with Gasteiger partial charge in [-0.3, -0.25) is 9.59 Å². The highest BCUT2D eigenvalue weighted by molar-refractivity contribution is 7.99. The van der Waals surface area contributed by atoms with E-state index in [9.17, 15) is 24.6 Å². The molecule has 4 atom stereocenters. The molecule has 3 aromatic rings. The van der Waals surface area contributed by atoms with Crippen molar-refractivity contribution in [2.45, 2.75) is 63.0 Å². The molecule has 0 radical (unpaired) electrons. The van der Waals surface area contributed by atoms with Gasteiger partial charge in [0.1, 0.15) is 5.03 Å². The Balaban J connectivity index is 1.47. The van der Waals surface area contributed by atoms with E-state index < -0.39 is 30.2 Å². The van der Waals surface area contributed by atoms with Crippen LogP contribution >= 0.6 is 11.8 Å². The first kappa shape index (κ1) is 30.2. The highest BCUT2D eigenvalue weighted by Gasteiger charge is 2.32. The van der Waals surface area contributed by atoms with Gasteiger partial charge < -0.3 is 29.7 Å². The monoisotopic (exact) mass is 580 g/mol. The normalized spacial score (nSPS) is 19.2. The van der Waals surface area contributed by atoms with E-state index in [1.54, 1.807) is 12.3 Å². The molecule has 11 heteroatoms. The van der Waals surface area contributed by atoms with Crippen molar-refractivity contribution >= 4 is 29.6 Å². The van der Waals surface area contributed by atoms with Crippen LogP contribution in [0.25, 0.3) is 0 Å². The summed E-state index contributed by atoms with van der Waals surface area (Å²) in [5.74, 6) is -1.48. The molecule has 0 unspecified atom stereocenters. The number of carbonyl (C=O) groups excluding carboxylic acids is 2. The molecule has 2 heterocycles. The van der Waals surface area contributed by atoms with Crippen LogP contribution in [0.15, 0.2) is 71.9 Å². The van der Waals surface area contributed by atoms with Gasteiger partial charge in [0.15, 0.2) is 12.4 Å². The van der Waals surface area contributed by atoms with Crippen molar-refractivity contribution in [1.82, 2.24) is 10.3 Å². The third-order valence-electron chi connectivity index (χ3n) is 6.45. The Morgan fingerprint density at radius 3 is 2.39 bits per heavy atom. The van der Waals surface area contributed by atoms with Crippen LogP contribution in [0.2, 0.25) is 0 Å². The molecule has 0 bridgehead atoms. The largest absolute Gasteiger partial charge is 0.478 e. The van der Waals surface area contributed by atoms with Gasteiger partial charge in [0.05, 0.1) is 24.4 Å². The smallest absolute Gasteiger partial charge is 0.338 e. The van der Waals surface area contributed by atoms with Crippen molar-refractivity contribution in [3.63, 3.8) is 0 Å². The Morgan fingerprint density at radius 1 is 1.05 bits per heavy atom. The number of amides is 1. The lowest BCUT2D eigenvalue weighted by molar-refractivity contribution is -0.245. The van der Waals surface area contributed by atoms with Gasteiger partial charge in [-0.1, -0.05) is 48.5 Å². The van der Waals surface area contributed by atoms with E-state index >= 15 is 0 Å². The lowest BCUT2D eigenvalue weighted by Gasteiger charge is -2.36. The number of nitrogens with one attached hydrogen (secondary N) is 1. The van der Waals surface area contributed by atoms with Gasteiger partial charge in [-0.05, 0) is 35.7 Å². The number of ether oxygens (including phenoxy) is 3. The molecular formula is C30H32N2O8S. The maximum absolute atomic E-state index is 12.2. The van der Waals surface area contributed by atoms with Gasteiger partial charge in [0.25, 0.3) is 5.91 Å². The Kier molecular flexibility index (Phi) is 10.5. The van der Waals surface area contributed by atoms with Crippen molar-refractivity contribution in [1.29, 1.82) is 0 Å². The number of hydrogen-bond acceptors (Lipinski definition) is 9. The number of aliphatic hydroxyl groups excluding tert-OH is 1. The zero-order valence-electron chi connectivity index (χ0n) is 22.7. The quantitative estimate of drug-likeness (QED) is 0.223. The first-order chi connectivity index (χ1) is 19.7. The summed E-state index contributed by atoms with van der Waals surface area (Å²) in [7, 11) is 0. The summed E-state index contributed by atoms with van der Waals surface area (Å²) in [4.78, 5) is 39.1. The average molecular weight is 581 g/mol. The fourth-order valence-corrected chi connectivity index (χ4v) is 5.30. The van der Waals surface area contributed by atoms with Crippen LogP contribution in [0.1, 0.15) is 65.3 Å². The van der Waals surface area contributed by atoms with Crippen molar-refractivity contribution in [2.75, 3.05) is 5.75 Å². The Bertz CT molecular complexity index is 1350. The van der Waals surface area contributed by atoms with E-state index in [2.05, 4.69) is 10.3 Å². The third kappa shape index (κ3) is 8.37. The molecule has 1 saturated heterocycles. The molecule has 4 rings (SSSR count). The highest BCUT2D eigenvalue weighted by atomic mass is 32.2. The summed E-state index contributed by atoms with van der Waals surface area (Å²) >= 11 is 1.32. The average Bonchev–Trinajstić information content (AvgIpc) is 2.98. The van der Waals surface area contributed by atoms with Gasteiger partial charge >= 0.3 is 11.9 Å². The lowest BCUT2D eigenvalue weighted by atomic mass is 10.0. The number of rotatable bonds is 11. The maximum atomic E-state index is 12.2. The van der Waals surface area contributed by atoms with Crippen LogP contribution < -0.4 is 5.32 Å². The Labute approximate surface area is 242 Å². The summed E-state index contributed by atoms with van der Waals surface area (Å²) in [5, 5.41) is 22.1. The fraction of sp³-hybridized carbons (Fsp3) is 0.333. The summed E-state index contributed by atoms with van der Waals surface area (Å²) in [6.07, 6.45) is -0.0292. The second-order valence-corrected chi connectivity index (χ2v) is 10.5. The number of nitrogens with zero attached hydrogens (tertiary/aromatic N) is 1. The van der Waals surface area contributed by atoms with E-state index in [1.807, 2.05) is 48.5 Å². The SMILES string of the molecule is CC(=O)O[C@@H](C)C(=O)NCc1ccc([C@H]2O[C@@H](CSc3ncccc3C(=O)O)C[C@@H](c3ccc(CO)cc3)O2)cc1. The lowest BCUT2D eigenvalue weighted by Crippen LogP contribution is -2.35. The summed E-state index contributed by atoms with van der Waals surface area (Å²) in [6, 6.07) is 18.1. The number of hydrogen-bond donors (Lipinski definition) is 3. The second-order valence-electron chi connectivity index (χ2n) is 9.53. The van der Waals surface area contributed by atoms with E-state index in [1.165, 1.54) is 31.7 Å². The van der Waals surface area contributed by atoms with Crippen LogP contribution in [-0.2, 0) is 37.0 Å². The third-order valence-corrected chi connectivity index (χ3v) is 7.59. The molecule has 1 aromatic heterocycles. The number of pyridine rings is 1. The zero-order chi connectivity index (χ0) is 29.4. The predicted molar refractivity (Wildman–Crippen MR) is 150 cm³/mol. The van der Waals surface area contributed by atoms with E-state index in [0.717, 1.165) is 22.3 Å². The molecule has 0 aliphatic carbocycles. The number of carboxylic acid groups (broad SMARTS) is 1. The number of thioether (sulfide) groups is 1. The van der Waals surface area contributed by atoms with Crippen molar-refractivity contribution in [3.05, 3.63) is 94.7 Å². The first-order valence-corrected chi connectivity index (χ1v) is 14.1. The van der Waals surface area contributed by atoms with Crippen molar-refractivity contribution < 1.29 is 38.8 Å². The molecule has 1 amide bonds. The van der Waals surface area contributed by atoms with Gasteiger partial charge in [-0.15, -0.1) is 11.8 Å². The number of esters is 1. The van der Waals surface area contributed by atoms with E-state index in [4.69, 9.17) is 14.2 Å². The summed E-state index contributed by atoms with van der Waals surface area (Å²) in [5.41, 5.74) is 3.50. The first-order valence-electron chi connectivity index (χ1n) is 13.1. The number of aromatic nitrogens is 1. The number of aliphatic hydroxyl groups is 1. The van der Waals surface area contributed by atoms with Crippen molar-refractivity contribution in [2.24, 2.45) is 0 Å². The minimum absolute atomic E-state index is 0.0533. The molecule has 41 heavy (non-hydrogen) atoms. The Morgan fingerprint density at radius 2 is 1.73 bits per heavy atom. The molecule has 1 aliphatic heterocycles. The molecule has 2 aromatic carbocycles.